The van der Waals surface area contributed by atoms with Gasteiger partial charge in [-0.2, -0.15) is 4.98 Å². The van der Waals surface area contributed by atoms with Crippen LogP contribution in [0, 0.1) is 0 Å². The predicted molar refractivity (Wildman–Crippen MR) is 129 cm³/mol. The molecule has 33 heavy (non-hydrogen) atoms. The fourth-order valence-electron chi connectivity index (χ4n) is 3.70. The smallest absolute Gasteiger partial charge is 0.338 e. The van der Waals surface area contributed by atoms with E-state index >= 15 is 0 Å². The van der Waals surface area contributed by atoms with E-state index < -0.39 is 12.0 Å². The maximum absolute atomic E-state index is 12.8. The van der Waals surface area contributed by atoms with Crippen molar-refractivity contribution in [3.63, 3.8) is 0 Å². The van der Waals surface area contributed by atoms with Gasteiger partial charge in [0.1, 0.15) is 18.4 Å². The predicted octanol–water partition coefficient (Wildman–Crippen LogP) is 5.21. The number of aromatic nitrogens is 3. The summed E-state index contributed by atoms with van der Waals surface area (Å²) in [6.45, 7) is 4.48. The lowest BCUT2D eigenvalue weighted by Gasteiger charge is -2.28. The van der Waals surface area contributed by atoms with E-state index in [0.29, 0.717) is 29.0 Å². The molecular weight excluding hydrogens is 436 g/mol. The van der Waals surface area contributed by atoms with E-state index in [-0.39, 0.29) is 0 Å². The number of benzene rings is 2. The topological polar surface area (TPSA) is 78.3 Å². The molecule has 0 fully saturated rings. The van der Waals surface area contributed by atoms with Gasteiger partial charge >= 0.3 is 5.97 Å². The first-order valence-corrected chi connectivity index (χ1v) is 12.0. The molecule has 1 aromatic heterocycles. The lowest BCUT2D eigenvalue weighted by molar-refractivity contribution is -0.136. The molecule has 172 valence electrons. The van der Waals surface area contributed by atoms with E-state index in [4.69, 9.17) is 14.6 Å². The Hall–Kier alpha value is -3.26. The van der Waals surface area contributed by atoms with Crippen molar-refractivity contribution in [3.05, 3.63) is 77.0 Å². The number of allylic oxidation sites excluding steroid dienone is 1. The van der Waals surface area contributed by atoms with Gasteiger partial charge in [-0.05, 0) is 36.6 Å². The van der Waals surface area contributed by atoms with E-state index in [1.54, 1.807) is 16.4 Å². The van der Waals surface area contributed by atoms with Crippen molar-refractivity contribution < 1.29 is 14.3 Å². The summed E-state index contributed by atoms with van der Waals surface area (Å²) in [5.74, 6) is 1.88. The first kappa shape index (κ1) is 22.9. The third kappa shape index (κ3) is 5.22. The van der Waals surface area contributed by atoms with Gasteiger partial charge in [0.05, 0.1) is 12.7 Å². The summed E-state index contributed by atoms with van der Waals surface area (Å²) in [4.78, 5) is 17.4. The zero-order valence-electron chi connectivity index (χ0n) is 19.1. The maximum Gasteiger partial charge on any atom is 0.338 e. The second-order valence-electron chi connectivity index (χ2n) is 7.77. The van der Waals surface area contributed by atoms with Crippen LogP contribution in [0.5, 0.6) is 5.75 Å². The first-order valence-electron chi connectivity index (χ1n) is 11.0. The fourth-order valence-corrected chi connectivity index (χ4v) is 4.61. The van der Waals surface area contributed by atoms with Crippen LogP contribution in [0.1, 0.15) is 43.9 Å². The number of ether oxygens (including phenoxy) is 2. The highest BCUT2D eigenvalue weighted by molar-refractivity contribution is 7.99. The molecule has 1 N–H and O–H groups in total. The second-order valence-corrected chi connectivity index (χ2v) is 8.83. The molecule has 0 bridgehead atoms. The molecular formula is C25H28N4O3S. The van der Waals surface area contributed by atoms with Crippen molar-refractivity contribution in [1.82, 2.24) is 14.8 Å². The van der Waals surface area contributed by atoms with Crippen molar-refractivity contribution in [2.45, 2.75) is 44.5 Å². The third-order valence-electron chi connectivity index (χ3n) is 5.39. The van der Waals surface area contributed by atoms with E-state index in [1.807, 2.05) is 61.5 Å². The van der Waals surface area contributed by atoms with Crippen LogP contribution < -0.4 is 10.1 Å². The molecule has 1 aliphatic rings. The minimum absolute atomic E-state index is 0.401. The fraction of sp³-hybridized carbons (Fsp3) is 0.320. The van der Waals surface area contributed by atoms with Crippen molar-refractivity contribution in [3.8, 4) is 5.75 Å². The average Bonchev–Trinajstić information content (AvgIpc) is 3.24. The van der Waals surface area contributed by atoms with Gasteiger partial charge in [0.15, 0.2) is 0 Å². The monoisotopic (exact) mass is 464 g/mol. The molecule has 8 heteroatoms. The first-order chi connectivity index (χ1) is 16.1. The second kappa shape index (κ2) is 10.6. The number of fused-ring (bicyclic) bond motifs is 1. The molecule has 2 heterocycles. The Morgan fingerprint density at radius 1 is 1.18 bits per heavy atom. The Kier molecular flexibility index (Phi) is 7.34. The van der Waals surface area contributed by atoms with Crippen LogP contribution in [-0.4, -0.2) is 33.6 Å². The van der Waals surface area contributed by atoms with Gasteiger partial charge in [0.25, 0.3) is 0 Å². The van der Waals surface area contributed by atoms with Gasteiger partial charge < -0.3 is 14.8 Å². The number of nitrogens with one attached hydrogen (secondary N) is 1. The summed E-state index contributed by atoms with van der Waals surface area (Å²) in [5, 5.41) is 8.64. The van der Waals surface area contributed by atoms with Crippen molar-refractivity contribution in [2.24, 2.45) is 0 Å². The lowest BCUT2D eigenvalue weighted by atomic mass is 9.95. The quantitative estimate of drug-likeness (QED) is 0.264. The van der Waals surface area contributed by atoms with Crippen LogP contribution in [0.2, 0.25) is 0 Å². The molecule has 0 saturated carbocycles. The molecule has 4 rings (SSSR count). The summed E-state index contributed by atoms with van der Waals surface area (Å²) in [6.07, 6.45) is 2.21. The standard InChI is InChI=1S/C25H28N4O3S/c1-4-5-14-33-25-27-24-26-17(2)21(23(30)31-3)22(29(24)28-25)19-12-9-13-20(15-19)32-16-18-10-7-6-8-11-18/h6-13,15,22H,4-5,14,16H2,1-3H3,(H,26,27,28). The highest BCUT2D eigenvalue weighted by atomic mass is 32.2. The Morgan fingerprint density at radius 2 is 2.00 bits per heavy atom. The molecule has 0 spiro atoms. The van der Waals surface area contributed by atoms with Gasteiger partial charge in [0.2, 0.25) is 11.1 Å². The van der Waals surface area contributed by atoms with Gasteiger partial charge in [0, 0.05) is 11.4 Å². The Balaban J connectivity index is 1.67. The summed E-state index contributed by atoms with van der Waals surface area (Å²) in [6, 6.07) is 17.3. The number of carbonyl (C=O) groups excluding carboxylic acids is 1. The van der Waals surface area contributed by atoms with E-state index in [2.05, 4.69) is 17.2 Å². The van der Waals surface area contributed by atoms with Gasteiger partial charge in [-0.3, -0.25) is 0 Å². The number of hydrogen-bond donors (Lipinski definition) is 1. The minimum Gasteiger partial charge on any atom is -0.489 e. The van der Waals surface area contributed by atoms with Crippen LogP contribution >= 0.6 is 11.8 Å². The molecule has 1 unspecified atom stereocenters. The number of carbonyl (C=O) groups is 1. The van der Waals surface area contributed by atoms with Gasteiger partial charge in [-0.1, -0.05) is 67.6 Å². The number of hydrogen-bond acceptors (Lipinski definition) is 7. The summed E-state index contributed by atoms with van der Waals surface area (Å²) < 4.78 is 12.9. The lowest BCUT2D eigenvalue weighted by Crippen LogP contribution is -2.29. The number of rotatable bonds is 9. The van der Waals surface area contributed by atoms with Crippen LogP contribution in [0.25, 0.3) is 0 Å². The van der Waals surface area contributed by atoms with Gasteiger partial charge in [-0.15, -0.1) is 5.10 Å². The average molecular weight is 465 g/mol. The summed E-state index contributed by atoms with van der Waals surface area (Å²) in [7, 11) is 1.39. The molecule has 7 nitrogen and oxygen atoms in total. The van der Waals surface area contributed by atoms with Gasteiger partial charge in [-0.25, -0.2) is 9.48 Å². The molecule has 0 amide bonds. The number of methoxy groups -OCH3 is 1. The Labute approximate surface area is 198 Å². The number of nitrogens with zero attached hydrogens (tertiary/aromatic N) is 3. The molecule has 1 aliphatic heterocycles. The van der Waals surface area contributed by atoms with Crippen LogP contribution in [0.4, 0.5) is 5.95 Å². The maximum atomic E-state index is 12.8. The summed E-state index contributed by atoms with van der Waals surface area (Å²) >= 11 is 1.62. The number of anilines is 1. The Morgan fingerprint density at radius 3 is 2.76 bits per heavy atom. The van der Waals surface area contributed by atoms with Crippen LogP contribution in [0.3, 0.4) is 0 Å². The number of thioether (sulfide) groups is 1. The zero-order valence-corrected chi connectivity index (χ0v) is 19.9. The number of esters is 1. The molecule has 3 aromatic rings. The normalized spacial score (nSPS) is 15.1. The molecule has 0 aliphatic carbocycles. The van der Waals surface area contributed by atoms with Crippen molar-refractivity contribution in [2.75, 3.05) is 18.2 Å². The third-order valence-corrected chi connectivity index (χ3v) is 6.31. The van der Waals surface area contributed by atoms with Crippen LogP contribution in [0.15, 0.2) is 71.0 Å². The SMILES string of the molecule is CCCCSc1nc2n(n1)C(c1cccc(OCc3ccccc3)c1)C(C(=O)OC)=C(C)N2. The number of unbranched alkanes of at least 4 members (excludes halogenated alkanes) is 1. The van der Waals surface area contributed by atoms with Crippen molar-refractivity contribution in [1.29, 1.82) is 0 Å². The molecule has 0 saturated heterocycles. The highest BCUT2D eigenvalue weighted by Crippen LogP contribution is 2.37. The van der Waals surface area contributed by atoms with Crippen LogP contribution in [-0.2, 0) is 16.1 Å². The highest BCUT2D eigenvalue weighted by Gasteiger charge is 2.35. The van der Waals surface area contributed by atoms with Crippen molar-refractivity contribution >= 4 is 23.7 Å². The molecule has 1 atom stereocenters. The van der Waals surface area contributed by atoms with E-state index in [0.717, 1.165) is 35.5 Å². The molecule has 2 aromatic carbocycles. The zero-order chi connectivity index (χ0) is 23.2. The minimum atomic E-state index is -0.470. The largest absolute Gasteiger partial charge is 0.489 e. The summed E-state index contributed by atoms with van der Waals surface area (Å²) in [5.41, 5.74) is 3.16. The van der Waals surface area contributed by atoms with E-state index in [9.17, 15) is 4.79 Å². The molecule has 0 radical (unpaired) electrons. The Bertz CT molecular complexity index is 1140. The van der Waals surface area contributed by atoms with E-state index in [1.165, 1.54) is 7.11 Å².